The summed E-state index contributed by atoms with van der Waals surface area (Å²) in [5, 5.41) is 22.8. The normalized spacial score (nSPS) is 11.4. The van der Waals surface area contributed by atoms with Crippen LogP contribution in [-0.2, 0) is 19.0 Å². The molecule has 12 heteroatoms. The van der Waals surface area contributed by atoms with Crippen molar-refractivity contribution in [3.05, 3.63) is 58.9 Å². The quantitative estimate of drug-likeness (QED) is 0.426. The van der Waals surface area contributed by atoms with Crippen LogP contribution in [0.5, 0.6) is 5.75 Å². The lowest BCUT2D eigenvalue weighted by atomic mass is 10.0. The van der Waals surface area contributed by atoms with Crippen molar-refractivity contribution < 1.29 is 35.9 Å². The average Bonchev–Trinajstić information content (AvgIpc) is 3.38. The Bertz CT molecular complexity index is 1160. The van der Waals surface area contributed by atoms with E-state index in [2.05, 4.69) is 20.6 Å². The molecular weight excluding hydrogens is 430 g/mol. The third-order valence-electron chi connectivity index (χ3n) is 4.33. The lowest BCUT2D eigenvalue weighted by molar-refractivity contribution is -0.138. The number of H-pyrrole nitrogens is 1. The van der Waals surface area contributed by atoms with Crippen LogP contribution in [0.3, 0.4) is 0 Å². The molecule has 0 atom stereocenters. The van der Waals surface area contributed by atoms with Gasteiger partial charge in [0.05, 0.1) is 10.9 Å². The molecule has 2 heterocycles. The van der Waals surface area contributed by atoms with E-state index < -0.39 is 30.2 Å². The monoisotopic (exact) mass is 444 g/mol. The maximum atomic E-state index is 14.8. The first-order chi connectivity index (χ1) is 14.7. The van der Waals surface area contributed by atoms with Crippen LogP contribution < -0.4 is 0 Å². The maximum Gasteiger partial charge on any atom is 0.419 e. The fourth-order valence-corrected chi connectivity index (χ4v) is 2.94. The van der Waals surface area contributed by atoms with Gasteiger partial charge in [-0.25, -0.2) is 13.2 Å². The van der Waals surface area contributed by atoms with Crippen LogP contribution in [0, 0.1) is 5.82 Å². The number of halogens is 6. The van der Waals surface area contributed by atoms with Crippen molar-refractivity contribution in [2.24, 2.45) is 0 Å². The van der Waals surface area contributed by atoms with Crippen LogP contribution in [0.15, 0.2) is 40.8 Å². The molecule has 0 aliphatic carbocycles. The van der Waals surface area contributed by atoms with Gasteiger partial charge in [-0.3, -0.25) is 0 Å². The Kier molecular flexibility index (Phi) is 6.47. The van der Waals surface area contributed by atoms with Gasteiger partial charge in [0.15, 0.2) is 5.76 Å². The van der Waals surface area contributed by atoms with Gasteiger partial charge in [0.25, 0.3) is 0 Å². The Morgan fingerprint density at radius 1 is 1.03 bits per heavy atom. The molecule has 6 nitrogen and oxygen atoms in total. The number of aromatic amines is 1. The molecule has 4 aromatic rings. The molecule has 31 heavy (non-hydrogen) atoms. The van der Waals surface area contributed by atoms with Gasteiger partial charge in [-0.2, -0.15) is 18.4 Å². The molecule has 0 aliphatic rings. The number of phenolic OH excluding ortho intramolecular Hbond substituents is 1. The van der Waals surface area contributed by atoms with E-state index in [1.807, 2.05) is 0 Å². The van der Waals surface area contributed by atoms with E-state index in [-0.39, 0.29) is 29.8 Å². The molecule has 2 aromatic heterocycles. The highest BCUT2D eigenvalue weighted by Crippen LogP contribution is 2.36. The molecule has 4 rings (SSSR count). The lowest BCUT2D eigenvalue weighted by Crippen LogP contribution is -2.06. The SMILES string of the molecule is FCF.Oc1ccc(CCc2ccc3oc(-c4nn[nH]n4)cc3c2F)cc1C(F)(F)F. The van der Waals surface area contributed by atoms with Crippen LogP contribution in [-0.4, -0.2) is 32.7 Å². The topological polar surface area (TPSA) is 87.8 Å². The van der Waals surface area contributed by atoms with Crippen LogP contribution >= 0.6 is 0 Å². The Hall–Kier alpha value is -3.57. The number of benzene rings is 2. The molecule has 0 aliphatic heterocycles. The molecule has 0 amide bonds. The molecule has 0 bridgehead atoms. The van der Waals surface area contributed by atoms with E-state index in [1.165, 1.54) is 18.2 Å². The molecule has 0 spiro atoms. The Balaban J connectivity index is 0.000000858. The fraction of sp³-hybridized carbons (Fsp3) is 0.211. The summed E-state index contributed by atoms with van der Waals surface area (Å²) in [6.07, 6.45) is -4.32. The number of hydrogen-bond acceptors (Lipinski definition) is 5. The second-order valence-corrected chi connectivity index (χ2v) is 6.25. The van der Waals surface area contributed by atoms with E-state index in [0.29, 0.717) is 16.7 Å². The molecular formula is C19H14F6N4O2. The summed E-state index contributed by atoms with van der Waals surface area (Å²) in [6, 6.07) is 7.79. The van der Waals surface area contributed by atoms with Crippen molar-refractivity contribution in [3.8, 4) is 17.3 Å². The minimum absolute atomic E-state index is 0.168. The smallest absolute Gasteiger partial charge is 0.419 e. The first-order valence-electron chi connectivity index (χ1n) is 8.70. The van der Waals surface area contributed by atoms with E-state index in [4.69, 9.17) is 4.42 Å². The number of aryl methyl sites for hydroxylation is 2. The molecule has 0 unspecified atom stereocenters. The van der Waals surface area contributed by atoms with Crippen molar-refractivity contribution in [2.45, 2.75) is 19.0 Å². The van der Waals surface area contributed by atoms with Crippen LogP contribution in [0.2, 0.25) is 0 Å². The predicted molar refractivity (Wildman–Crippen MR) is 96.9 cm³/mol. The van der Waals surface area contributed by atoms with Crippen molar-refractivity contribution in [1.82, 2.24) is 20.6 Å². The largest absolute Gasteiger partial charge is 0.507 e. The van der Waals surface area contributed by atoms with Crippen molar-refractivity contribution in [1.29, 1.82) is 0 Å². The molecule has 0 radical (unpaired) electrons. The zero-order valence-electron chi connectivity index (χ0n) is 15.6. The zero-order chi connectivity index (χ0) is 22.6. The summed E-state index contributed by atoms with van der Waals surface area (Å²) in [5.74, 6) is -0.934. The number of aromatic nitrogens is 4. The number of nitrogens with zero attached hydrogens (tertiary/aromatic N) is 3. The molecule has 0 fully saturated rings. The number of alkyl halides is 5. The number of phenols is 1. The Morgan fingerprint density at radius 3 is 2.42 bits per heavy atom. The van der Waals surface area contributed by atoms with Gasteiger partial charge in [-0.05, 0) is 53.4 Å². The highest BCUT2D eigenvalue weighted by Gasteiger charge is 2.33. The predicted octanol–water partition coefficient (Wildman–Crippen LogP) is 5.14. The number of aromatic hydroxyl groups is 1. The van der Waals surface area contributed by atoms with E-state index in [0.717, 1.165) is 12.1 Å². The van der Waals surface area contributed by atoms with Crippen LogP contribution in [0.1, 0.15) is 16.7 Å². The Labute approximate surface area is 170 Å². The number of fused-ring (bicyclic) bond motifs is 1. The van der Waals surface area contributed by atoms with Crippen molar-refractivity contribution in [2.75, 3.05) is 6.93 Å². The highest BCUT2D eigenvalue weighted by molar-refractivity contribution is 5.83. The minimum atomic E-state index is -4.66. The van der Waals surface area contributed by atoms with Gasteiger partial charge in [-0.15, -0.1) is 10.2 Å². The summed E-state index contributed by atoms with van der Waals surface area (Å²) < 4.78 is 78.3. The van der Waals surface area contributed by atoms with E-state index in [9.17, 15) is 31.4 Å². The van der Waals surface area contributed by atoms with Gasteiger partial charge in [0.1, 0.15) is 17.1 Å². The fourth-order valence-electron chi connectivity index (χ4n) is 2.94. The van der Waals surface area contributed by atoms with Crippen LogP contribution in [0.25, 0.3) is 22.6 Å². The van der Waals surface area contributed by atoms with Gasteiger partial charge in [0.2, 0.25) is 12.8 Å². The number of furan rings is 1. The first-order valence-corrected chi connectivity index (χ1v) is 8.70. The molecule has 0 saturated carbocycles. The van der Waals surface area contributed by atoms with Gasteiger partial charge < -0.3 is 9.52 Å². The van der Waals surface area contributed by atoms with Gasteiger partial charge in [0, 0.05) is 0 Å². The summed E-state index contributed by atoms with van der Waals surface area (Å²) in [5.41, 5.74) is -0.149. The Morgan fingerprint density at radius 2 is 1.77 bits per heavy atom. The number of rotatable bonds is 4. The lowest BCUT2D eigenvalue weighted by Gasteiger charge is -2.11. The number of hydrogen-bond donors (Lipinski definition) is 2. The second-order valence-electron chi connectivity index (χ2n) is 6.25. The van der Waals surface area contributed by atoms with Crippen LogP contribution in [0.4, 0.5) is 26.3 Å². The van der Waals surface area contributed by atoms with Gasteiger partial charge in [-0.1, -0.05) is 12.1 Å². The molecule has 2 aromatic carbocycles. The third kappa shape index (κ3) is 4.95. The average molecular weight is 444 g/mol. The van der Waals surface area contributed by atoms with Crippen molar-refractivity contribution >= 4 is 11.0 Å². The first kappa shape index (κ1) is 22.1. The van der Waals surface area contributed by atoms with E-state index in [1.54, 1.807) is 6.07 Å². The summed E-state index contributed by atoms with van der Waals surface area (Å²) in [7, 11) is 0. The molecule has 0 saturated heterocycles. The number of nitrogens with one attached hydrogen (secondary N) is 1. The van der Waals surface area contributed by atoms with E-state index >= 15 is 0 Å². The summed E-state index contributed by atoms with van der Waals surface area (Å²) >= 11 is 0. The second kappa shape index (κ2) is 9.06. The van der Waals surface area contributed by atoms with Gasteiger partial charge >= 0.3 is 6.18 Å². The summed E-state index contributed by atoms with van der Waals surface area (Å²) in [6.45, 7) is -1.75. The highest BCUT2D eigenvalue weighted by atomic mass is 19.4. The third-order valence-corrected chi connectivity index (χ3v) is 4.33. The summed E-state index contributed by atoms with van der Waals surface area (Å²) in [4.78, 5) is 0. The molecule has 164 valence electrons. The molecule has 2 N–H and O–H groups in total. The number of tetrazole rings is 1. The zero-order valence-corrected chi connectivity index (χ0v) is 15.6. The van der Waals surface area contributed by atoms with Crippen molar-refractivity contribution in [3.63, 3.8) is 0 Å². The maximum absolute atomic E-state index is 14.8. The standard InChI is InChI=1S/C18H12F4N4O2.CH2F2/c19-16-10(3-1-9-2-5-13(27)12(7-9)18(20,21)22)4-6-14-11(16)8-15(28-14)17-23-25-26-24-17;2-1-3/h2,4-8,27H,1,3H2,(H,23,24,25,26);1H2. The minimum Gasteiger partial charge on any atom is -0.507 e.